The first kappa shape index (κ1) is 14.2. The molecule has 104 valence electrons. The van der Waals surface area contributed by atoms with E-state index in [-0.39, 0.29) is 10.7 Å². The molecule has 2 rings (SSSR count). The van der Waals surface area contributed by atoms with Gasteiger partial charge in [0.25, 0.3) is 5.91 Å². The smallest absolute Gasteiger partial charge is 0.258 e. The van der Waals surface area contributed by atoms with E-state index in [1.165, 1.54) is 18.2 Å². The Balaban J connectivity index is 2.33. The number of anilines is 2. The van der Waals surface area contributed by atoms with Crippen LogP contribution in [0, 0.1) is 17.5 Å². The highest BCUT2D eigenvalue weighted by atomic mass is 35.5. The van der Waals surface area contributed by atoms with Crippen LogP contribution in [0.2, 0.25) is 5.02 Å². The Morgan fingerprint density at radius 1 is 1.10 bits per heavy atom. The minimum atomic E-state index is -1.71. The maximum absolute atomic E-state index is 13.5. The van der Waals surface area contributed by atoms with E-state index in [4.69, 9.17) is 17.3 Å². The van der Waals surface area contributed by atoms with E-state index in [1.54, 1.807) is 0 Å². The van der Waals surface area contributed by atoms with E-state index in [1.807, 2.05) is 0 Å². The molecular formula is C13H8ClF3N2O. The van der Waals surface area contributed by atoms with Crippen molar-refractivity contribution < 1.29 is 18.0 Å². The Kier molecular flexibility index (Phi) is 3.85. The van der Waals surface area contributed by atoms with Crippen LogP contribution in [0.1, 0.15) is 10.4 Å². The van der Waals surface area contributed by atoms with Crippen molar-refractivity contribution in [3.63, 3.8) is 0 Å². The molecule has 0 saturated carbocycles. The molecule has 0 unspecified atom stereocenters. The van der Waals surface area contributed by atoms with Crippen LogP contribution in [0.5, 0.6) is 0 Å². The summed E-state index contributed by atoms with van der Waals surface area (Å²) >= 11 is 5.83. The molecule has 0 aliphatic carbocycles. The fourth-order valence-corrected chi connectivity index (χ4v) is 1.69. The molecule has 2 aromatic rings. The summed E-state index contributed by atoms with van der Waals surface area (Å²) in [5.74, 6) is -5.62. The number of rotatable bonds is 2. The molecule has 20 heavy (non-hydrogen) atoms. The fourth-order valence-electron chi connectivity index (χ4n) is 1.53. The molecule has 0 aliphatic rings. The fraction of sp³-hybridized carbons (Fsp3) is 0. The monoisotopic (exact) mass is 300 g/mol. The van der Waals surface area contributed by atoms with Gasteiger partial charge in [0.05, 0.1) is 16.3 Å². The van der Waals surface area contributed by atoms with E-state index in [2.05, 4.69) is 5.32 Å². The average molecular weight is 301 g/mol. The minimum absolute atomic E-state index is 0.140. The zero-order valence-electron chi connectivity index (χ0n) is 9.88. The third-order valence-corrected chi connectivity index (χ3v) is 2.85. The van der Waals surface area contributed by atoms with Crippen LogP contribution in [0.3, 0.4) is 0 Å². The van der Waals surface area contributed by atoms with E-state index in [0.29, 0.717) is 11.8 Å². The number of carbonyl (C=O) groups excluding carboxylic acids is 1. The first-order chi connectivity index (χ1) is 9.40. The van der Waals surface area contributed by atoms with Crippen LogP contribution in [-0.4, -0.2) is 5.91 Å². The summed E-state index contributed by atoms with van der Waals surface area (Å²) in [7, 11) is 0. The van der Waals surface area contributed by atoms with Crippen molar-refractivity contribution in [1.82, 2.24) is 0 Å². The standard InChI is InChI=1S/C13H8ClF3N2O/c14-8-3-1-6(18)5-10(8)19-13(20)7-2-4-9(15)12(17)11(7)16/h1-5H,18H2,(H,19,20). The van der Waals surface area contributed by atoms with Crippen LogP contribution in [0.25, 0.3) is 0 Å². The first-order valence-electron chi connectivity index (χ1n) is 5.40. The number of benzene rings is 2. The lowest BCUT2D eigenvalue weighted by atomic mass is 10.1. The third kappa shape index (κ3) is 2.70. The summed E-state index contributed by atoms with van der Waals surface area (Å²) in [5.41, 5.74) is 5.35. The number of nitrogens with one attached hydrogen (secondary N) is 1. The van der Waals surface area contributed by atoms with Crippen molar-refractivity contribution in [2.24, 2.45) is 0 Å². The van der Waals surface area contributed by atoms with Crippen molar-refractivity contribution in [3.05, 3.63) is 58.4 Å². The predicted octanol–water partition coefficient (Wildman–Crippen LogP) is 3.59. The summed E-state index contributed by atoms with van der Waals surface area (Å²) in [6.45, 7) is 0. The molecule has 1 amide bonds. The molecule has 7 heteroatoms. The van der Waals surface area contributed by atoms with E-state index < -0.39 is 28.9 Å². The third-order valence-electron chi connectivity index (χ3n) is 2.52. The molecule has 0 heterocycles. The lowest BCUT2D eigenvalue weighted by molar-refractivity contribution is 0.102. The van der Waals surface area contributed by atoms with E-state index in [9.17, 15) is 18.0 Å². The summed E-state index contributed by atoms with van der Waals surface area (Å²) in [6, 6.07) is 5.81. The topological polar surface area (TPSA) is 55.1 Å². The van der Waals surface area contributed by atoms with Gasteiger partial charge in [-0.05, 0) is 30.3 Å². The Hall–Kier alpha value is -2.21. The van der Waals surface area contributed by atoms with Crippen molar-refractivity contribution in [3.8, 4) is 0 Å². The van der Waals surface area contributed by atoms with Gasteiger partial charge in [0.1, 0.15) is 0 Å². The molecule has 0 aromatic heterocycles. The predicted molar refractivity (Wildman–Crippen MR) is 70.1 cm³/mol. The molecule has 0 radical (unpaired) electrons. The van der Waals surface area contributed by atoms with Crippen molar-refractivity contribution >= 4 is 28.9 Å². The van der Waals surface area contributed by atoms with Crippen LogP contribution in [0.4, 0.5) is 24.5 Å². The van der Waals surface area contributed by atoms with Gasteiger partial charge in [0.15, 0.2) is 17.5 Å². The van der Waals surface area contributed by atoms with Gasteiger partial charge < -0.3 is 11.1 Å². The maximum atomic E-state index is 13.5. The first-order valence-corrected chi connectivity index (χ1v) is 5.78. The molecule has 0 bridgehead atoms. The number of nitrogens with two attached hydrogens (primary N) is 1. The van der Waals surface area contributed by atoms with Gasteiger partial charge in [0.2, 0.25) is 0 Å². The number of carbonyl (C=O) groups is 1. The van der Waals surface area contributed by atoms with Crippen LogP contribution >= 0.6 is 11.6 Å². The summed E-state index contributed by atoms with van der Waals surface area (Å²) < 4.78 is 39.3. The number of hydrogen-bond acceptors (Lipinski definition) is 2. The molecule has 0 aliphatic heterocycles. The van der Waals surface area contributed by atoms with E-state index in [0.717, 1.165) is 6.07 Å². The van der Waals surface area contributed by atoms with Crippen molar-refractivity contribution in [2.45, 2.75) is 0 Å². The second kappa shape index (κ2) is 5.42. The van der Waals surface area contributed by atoms with Gasteiger partial charge >= 0.3 is 0 Å². The lowest BCUT2D eigenvalue weighted by Gasteiger charge is -2.09. The maximum Gasteiger partial charge on any atom is 0.258 e. The SMILES string of the molecule is Nc1ccc(Cl)c(NC(=O)c2ccc(F)c(F)c2F)c1. The zero-order chi connectivity index (χ0) is 14.9. The van der Waals surface area contributed by atoms with Crippen LogP contribution in [0.15, 0.2) is 30.3 Å². The molecule has 3 N–H and O–H groups in total. The second-order valence-corrected chi connectivity index (χ2v) is 4.32. The average Bonchev–Trinajstić information content (AvgIpc) is 2.40. The Morgan fingerprint density at radius 2 is 1.80 bits per heavy atom. The second-order valence-electron chi connectivity index (χ2n) is 3.92. The normalized spacial score (nSPS) is 10.4. The largest absolute Gasteiger partial charge is 0.399 e. The Morgan fingerprint density at radius 3 is 2.50 bits per heavy atom. The molecule has 0 atom stereocenters. The highest BCUT2D eigenvalue weighted by Gasteiger charge is 2.19. The molecule has 0 fully saturated rings. The van der Waals surface area contributed by atoms with Gasteiger partial charge in [-0.3, -0.25) is 4.79 Å². The molecule has 0 spiro atoms. The number of nitrogen functional groups attached to an aromatic ring is 1. The van der Waals surface area contributed by atoms with Gasteiger partial charge in [-0.25, -0.2) is 13.2 Å². The van der Waals surface area contributed by atoms with E-state index >= 15 is 0 Å². The Labute approximate surface area is 117 Å². The van der Waals surface area contributed by atoms with Gasteiger partial charge in [-0.15, -0.1) is 0 Å². The summed E-state index contributed by atoms with van der Waals surface area (Å²) in [4.78, 5) is 11.8. The zero-order valence-corrected chi connectivity index (χ0v) is 10.6. The van der Waals surface area contributed by atoms with Crippen molar-refractivity contribution in [1.29, 1.82) is 0 Å². The van der Waals surface area contributed by atoms with Crippen LogP contribution < -0.4 is 11.1 Å². The molecular weight excluding hydrogens is 293 g/mol. The van der Waals surface area contributed by atoms with Gasteiger partial charge in [0, 0.05) is 5.69 Å². The quantitative estimate of drug-likeness (QED) is 0.658. The van der Waals surface area contributed by atoms with Gasteiger partial charge in [-0.2, -0.15) is 0 Å². The highest BCUT2D eigenvalue weighted by molar-refractivity contribution is 6.34. The minimum Gasteiger partial charge on any atom is -0.399 e. The summed E-state index contributed by atoms with van der Waals surface area (Å²) in [6.07, 6.45) is 0. The molecule has 3 nitrogen and oxygen atoms in total. The Bertz CT molecular complexity index is 692. The lowest BCUT2D eigenvalue weighted by Crippen LogP contribution is -2.15. The molecule has 0 saturated heterocycles. The van der Waals surface area contributed by atoms with Crippen LogP contribution in [-0.2, 0) is 0 Å². The highest BCUT2D eigenvalue weighted by Crippen LogP contribution is 2.25. The summed E-state index contributed by atoms with van der Waals surface area (Å²) in [5, 5.41) is 2.45. The number of amides is 1. The van der Waals surface area contributed by atoms with Gasteiger partial charge in [-0.1, -0.05) is 11.6 Å². The number of hydrogen-bond donors (Lipinski definition) is 2. The van der Waals surface area contributed by atoms with Crippen molar-refractivity contribution in [2.75, 3.05) is 11.1 Å². The molecule has 2 aromatic carbocycles. The number of halogens is 4.